The lowest BCUT2D eigenvalue weighted by Gasteiger charge is -2.18. The van der Waals surface area contributed by atoms with Gasteiger partial charge >= 0.3 is 0 Å². The van der Waals surface area contributed by atoms with Gasteiger partial charge in [0, 0.05) is 29.0 Å². The van der Waals surface area contributed by atoms with Crippen LogP contribution >= 0.6 is 47.0 Å². The Morgan fingerprint density at radius 3 is 2.88 bits per heavy atom. The predicted octanol–water partition coefficient (Wildman–Crippen LogP) is 6.64. The van der Waals surface area contributed by atoms with Crippen molar-refractivity contribution >= 4 is 51.5 Å². The monoisotopic (exact) mass is 418 g/mol. The van der Waals surface area contributed by atoms with E-state index >= 15 is 0 Å². The van der Waals surface area contributed by atoms with E-state index in [2.05, 4.69) is 11.9 Å². The predicted molar refractivity (Wildman–Crippen MR) is 107 cm³/mol. The highest BCUT2D eigenvalue weighted by atomic mass is 35.5. The van der Waals surface area contributed by atoms with Gasteiger partial charge in [0.15, 0.2) is 0 Å². The average molecular weight is 419 g/mol. The van der Waals surface area contributed by atoms with Gasteiger partial charge in [0.2, 0.25) is 0 Å². The molecule has 8 heteroatoms. The van der Waals surface area contributed by atoms with Crippen LogP contribution in [-0.4, -0.2) is 20.6 Å². The maximum Gasteiger partial charge on any atom is 0.273 e. The molecule has 0 fully saturated rings. The smallest absolute Gasteiger partial charge is 0.273 e. The number of hydrogen-bond acceptors (Lipinski definition) is 5. The van der Waals surface area contributed by atoms with Crippen molar-refractivity contribution in [3.8, 4) is 0 Å². The number of carbonyl (C=O) groups is 1. The molecule has 0 aliphatic heterocycles. The Morgan fingerprint density at radius 2 is 2.20 bits per heavy atom. The van der Waals surface area contributed by atoms with E-state index in [0.717, 1.165) is 36.9 Å². The topological polar surface area (TPSA) is 44.1 Å². The number of carbonyl (C=O) groups excluding carboxylic acids is 1. The van der Waals surface area contributed by atoms with Crippen LogP contribution in [0.15, 0.2) is 36.9 Å². The van der Waals surface area contributed by atoms with Crippen molar-refractivity contribution in [2.24, 2.45) is 0 Å². The molecule has 2 rings (SSSR count). The van der Waals surface area contributed by atoms with Gasteiger partial charge in [-0.2, -0.15) is 0 Å². The SMILES string of the molecule is CCCCCOSC(=O)SC(Cn1ccnc1)c1ccc(Cl)cc1Cl. The van der Waals surface area contributed by atoms with Crippen molar-refractivity contribution in [3.63, 3.8) is 0 Å². The number of thioether (sulfide) groups is 1. The fraction of sp³-hybridized carbons (Fsp3) is 0.412. The van der Waals surface area contributed by atoms with Gasteiger partial charge in [-0.3, -0.25) is 4.79 Å². The first kappa shape index (κ1) is 20.6. The van der Waals surface area contributed by atoms with Gasteiger partial charge in [-0.15, -0.1) is 0 Å². The third-order valence-electron chi connectivity index (χ3n) is 3.44. The molecule has 4 nitrogen and oxygen atoms in total. The Morgan fingerprint density at radius 1 is 1.36 bits per heavy atom. The van der Waals surface area contributed by atoms with Crippen LogP contribution in [0.5, 0.6) is 0 Å². The Balaban J connectivity index is 2.00. The Kier molecular flexibility index (Phi) is 9.20. The Bertz CT molecular complexity index is 669. The zero-order valence-electron chi connectivity index (χ0n) is 13.9. The van der Waals surface area contributed by atoms with E-state index in [0.29, 0.717) is 23.2 Å². The summed E-state index contributed by atoms with van der Waals surface area (Å²) in [7, 11) is 0. The summed E-state index contributed by atoms with van der Waals surface area (Å²) in [6.07, 6.45) is 8.47. The van der Waals surface area contributed by atoms with E-state index in [-0.39, 0.29) is 9.70 Å². The lowest BCUT2D eigenvalue weighted by molar-refractivity contribution is 0.273. The number of nitrogens with zero attached hydrogens (tertiary/aromatic N) is 2. The summed E-state index contributed by atoms with van der Waals surface area (Å²) in [5.41, 5.74) is 0.865. The molecule has 0 saturated carbocycles. The van der Waals surface area contributed by atoms with Crippen molar-refractivity contribution in [2.75, 3.05) is 6.61 Å². The van der Waals surface area contributed by atoms with E-state index in [1.165, 1.54) is 11.8 Å². The summed E-state index contributed by atoms with van der Waals surface area (Å²) in [5, 5.41) is 0.963. The number of unbranched alkanes of at least 4 members (excludes halogenated alkanes) is 2. The highest BCUT2D eigenvalue weighted by molar-refractivity contribution is 8.36. The van der Waals surface area contributed by atoms with E-state index in [1.807, 2.05) is 16.8 Å². The van der Waals surface area contributed by atoms with Crippen molar-refractivity contribution < 1.29 is 8.98 Å². The largest absolute Gasteiger partial charge is 0.336 e. The van der Waals surface area contributed by atoms with Crippen LogP contribution in [0, 0.1) is 0 Å². The van der Waals surface area contributed by atoms with E-state index in [9.17, 15) is 4.79 Å². The lowest BCUT2D eigenvalue weighted by Crippen LogP contribution is -2.07. The first-order valence-electron chi connectivity index (χ1n) is 8.01. The van der Waals surface area contributed by atoms with Crippen LogP contribution < -0.4 is 0 Å². The molecule has 0 aliphatic rings. The van der Waals surface area contributed by atoms with E-state index in [4.69, 9.17) is 27.4 Å². The summed E-state index contributed by atoms with van der Waals surface area (Å²) >= 11 is 14.4. The number of aromatic nitrogens is 2. The highest BCUT2D eigenvalue weighted by Crippen LogP contribution is 2.39. The second-order valence-electron chi connectivity index (χ2n) is 5.39. The molecule has 1 atom stereocenters. The van der Waals surface area contributed by atoms with Crippen molar-refractivity contribution in [2.45, 2.75) is 38.0 Å². The molecular weight excluding hydrogens is 399 g/mol. The molecular formula is C17H20Cl2N2O2S2. The molecule has 25 heavy (non-hydrogen) atoms. The molecule has 136 valence electrons. The third kappa shape index (κ3) is 7.23. The minimum Gasteiger partial charge on any atom is -0.336 e. The van der Waals surface area contributed by atoms with Gasteiger partial charge in [0.05, 0.1) is 30.2 Å². The van der Waals surface area contributed by atoms with Gasteiger partial charge in [-0.25, -0.2) is 4.98 Å². The molecule has 0 bridgehead atoms. The molecule has 1 aromatic carbocycles. The summed E-state index contributed by atoms with van der Waals surface area (Å²) in [6.45, 7) is 3.29. The van der Waals surface area contributed by atoms with E-state index in [1.54, 1.807) is 24.7 Å². The summed E-state index contributed by atoms with van der Waals surface area (Å²) in [4.78, 5) is 16.3. The number of halogens is 2. The average Bonchev–Trinajstić information content (AvgIpc) is 3.07. The maximum atomic E-state index is 12.3. The van der Waals surface area contributed by atoms with Crippen LogP contribution in [0.1, 0.15) is 37.0 Å². The first-order chi connectivity index (χ1) is 12.1. The Hall–Kier alpha value is -0.660. The molecule has 2 aromatic rings. The number of benzene rings is 1. The second kappa shape index (κ2) is 11.1. The standard InChI is InChI=1S/C17H20Cl2N2O2S2/c1-2-3-4-9-23-25-17(22)24-16(11-21-8-7-20-12-21)14-6-5-13(18)10-15(14)19/h5-8,10,12,16H,2-4,9,11H2,1H3. The van der Waals surface area contributed by atoms with Crippen LogP contribution in [0.2, 0.25) is 10.0 Å². The first-order valence-corrected chi connectivity index (χ1v) is 10.4. The minimum atomic E-state index is -0.154. The number of hydrogen-bond donors (Lipinski definition) is 0. The quantitative estimate of drug-likeness (QED) is 0.337. The summed E-state index contributed by atoms with van der Waals surface area (Å²) in [5.74, 6) is 0. The molecule has 0 radical (unpaired) electrons. The zero-order chi connectivity index (χ0) is 18.1. The molecule has 1 heterocycles. The fourth-order valence-electron chi connectivity index (χ4n) is 2.18. The molecule has 1 aromatic heterocycles. The summed E-state index contributed by atoms with van der Waals surface area (Å²) in [6, 6.07) is 5.33. The number of rotatable bonds is 9. The minimum absolute atomic E-state index is 0.0902. The van der Waals surface area contributed by atoms with Crippen LogP contribution in [0.3, 0.4) is 0 Å². The molecule has 0 saturated heterocycles. The normalized spacial score (nSPS) is 12.3. The lowest BCUT2D eigenvalue weighted by atomic mass is 10.1. The molecule has 0 aliphatic carbocycles. The van der Waals surface area contributed by atoms with E-state index < -0.39 is 0 Å². The van der Waals surface area contributed by atoms with Gasteiger partial charge in [-0.1, -0.05) is 60.8 Å². The van der Waals surface area contributed by atoms with Crippen LogP contribution in [0.25, 0.3) is 0 Å². The molecule has 0 N–H and O–H groups in total. The Labute approximate surface area is 166 Å². The third-order valence-corrected chi connectivity index (χ3v) is 5.80. The van der Waals surface area contributed by atoms with Gasteiger partial charge < -0.3 is 8.75 Å². The fourth-order valence-corrected chi connectivity index (χ4v) is 4.55. The summed E-state index contributed by atoms with van der Waals surface area (Å²) < 4.78 is 7.22. The molecule has 0 spiro atoms. The maximum absolute atomic E-state index is 12.3. The van der Waals surface area contributed by atoms with Gasteiger partial charge in [-0.05, 0) is 24.1 Å². The highest BCUT2D eigenvalue weighted by Gasteiger charge is 2.21. The van der Waals surface area contributed by atoms with Crippen molar-refractivity contribution in [1.29, 1.82) is 0 Å². The van der Waals surface area contributed by atoms with Crippen molar-refractivity contribution in [3.05, 3.63) is 52.5 Å². The molecule has 0 amide bonds. The van der Waals surface area contributed by atoms with Gasteiger partial charge in [0.1, 0.15) is 0 Å². The van der Waals surface area contributed by atoms with Gasteiger partial charge in [0.25, 0.3) is 4.45 Å². The van der Waals surface area contributed by atoms with Crippen molar-refractivity contribution in [1.82, 2.24) is 9.55 Å². The number of imidazole rings is 1. The van der Waals surface area contributed by atoms with Crippen LogP contribution in [0.4, 0.5) is 4.79 Å². The molecule has 1 unspecified atom stereocenters. The van der Waals surface area contributed by atoms with Crippen LogP contribution in [-0.2, 0) is 10.7 Å². The zero-order valence-corrected chi connectivity index (χ0v) is 17.0. The second-order valence-corrected chi connectivity index (χ2v) is 8.44.